The molecule has 0 aromatic rings. The summed E-state index contributed by atoms with van der Waals surface area (Å²) in [5.41, 5.74) is 4.75. The van der Waals surface area contributed by atoms with Gasteiger partial charge in [0.15, 0.2) is 0 Å². The first-order valence-corrected chi connectivity index (χ1v) is 3.03. The van der Waals surface area contributed by atoms with E-state index in [1.165, 1.54) is 6.92 Å². The topological polar surface area (TPSA) is 96.0 Å². The zero-order chi connectivity index (χ0) is 8.85. The Labute approximate surface area is 64.2 Å². The normalized spacial score (nSPS) is 11.3. The van der Waals surface area contributed by atoms with Crippen LogP contribution in [0.2, 0.25) is 0 Å². The van der Waals surface area contributed by atoms with E-state index >= 15 is 0 Å². The Balaban J connectivity index is 3.72. The van der Waals surface area contributed by atoms with Crippen LogP contribution >= 0.6 is 0 Å². The van der Waals surface area contributed by atoms with Gasteiger partial charge in [-0.1, -0.05) is 0 Å². The Morgan fingerprint density at radius 3 is 2.64 bits per heavy atom. The predicted octanol–water partition coefficient (Wildman–Crippen LogP) is -1.25. The molecule has 1 unspecified atom stereocenters. The van der Waals surface area contributed by atoms with Crippen molar-refractivity contribution in [2.24, 2.45) is 11.7 Å². The first kappa shape index (κ1) is 9.43. The van der Waals surface area contributed by atoms with Gasteiger partial charge in [0.1, 0.15) is 5.92 Å². The van der Waals surface area contributed by atoms with Gasteiger partial charge >= 0.3 is 0 Å². The lowest BCUT2D eigenvalue weighted by Gasteiger charge is -2.01. The number of hydrogen-bond donors (Lipinski definition) is 2. The minimum Gasteiger partial charge on any atom is -0.368 e. The molecule has 0 aliphatic rings. The minimum atomic E-state index is -0.741. The van der Waals surface area contributed by atoms with E-state index in [0.29, 0.717) is 0 Å². The summed E-state index contributed by atoms with van der Waals surface area (Å²) in [6.07, 6.45) is 0. The second kappa shape index (κ2) is 4.28. The molecule has 0 aromatic carbocycles. The molecule has 0 saturated heterocycles. The van der Waals surface area contributed by atoms with E-state index in [1.54, 1.807) is 6.07 Å². The van der Waals surface area contributed by atoms with Crippen LogP contribution in [0.4, 0.5) is 0 Å². The van der Waals surface area contributed by atoms with Crippen molar-refractivity contribution in [1.29, 1.82) is 5.26 Å². The number of nitriles is 1. The lowest BCUT2D eigenvalue weighted by Crippen LogP contribution is -2.35. The molecule has 5 heteroatoms. The van der Waals surface area contributed by atoms with Crippen LogP contribution < -0.4 is 11.1 Å². The molecule has 5 nitrogen and oxygen atoms in total. The summed E-state index contributed by atoms with van der Waals surface area (Å²) in [6.45, 7) is 1.22. The van der Waals surface area contributed by atoms with Gasteiger partial charge in [0.25, 0.3) is 0 Å². The summed E-state index contributed by atoms with van der Waals surface area (Å²) < 4.78 is 0. The Morgan fingerprint density at radius 2 is 2.27 bits per heavy atom. The SMILES string of the molecule is CC(C#N)C(=O)NCC(N)=O. The standard InChI is InChI=1S/C6H9N3O2/c1-4(2-7)6(11)9-3-5(8)10/h4H,3H2,1H3,(H2,8,10)(H,9,11). The van der Waals surface area contributed by atoms with Crippen molar-refractivity contribution >= 4 is 11.8 Å². The van der Waals surface area contributed by atoms with Crippen LogP contribution in [0.3, 0.4) is 0 Å². The van der Waals surface area contributed by atoms with E-state index in [-0.39, 0.29) is 6.54 Å². The average Bonchev–Trinajstić information content (AvgIpc) is 1.98. The highest BCUT2D eigenvalue weighted by molar-refractivity contribution is 5.85. The Bertz CT molecular complexity index is 206. The molecule has 0 fully saturated rings. The first-order chi connectivity index (χ1) is 5.07. The molecule has 1 atom stereocenters. The molecule has 0 heterocycles. The van der Waals surface area contributed by atoms with Gasteiger partial charge in [-0.2, -0.15) is 5.26 Å². The first-order valence-electron chi connectivity index (χ1n) is 3.03. The van der Waals surface area contributed by atoms with Crippen LogP contribution in [0.25, 0.3) is 0 Å². The maximum absolute atomic E-state index is 10.7. The monoisotopic (exact) mass is 155 g/mol. The van der Waals surface area contributed by atoms with E-state index in [1.807, 2.05) is 0 Å². The molecule has 0 aliphatic carbocycles. The number of rotatable bonds is 3. The van der Waals surface area contributed by atoms with Crippen LogP contribution in [0.5, 0.6) is 0 Å². The maximum atomic E-state index is 10.7. The van der Waals surface area contributed by atoms with E-state index in [0.717, 1.165) is 0 Å². The molecule has 0 aromatic heterocycles. The van der Waals surface area contributed by atoms with Crippen molar-refractivity contribution in [3.8, 4) is 6.07 Å². The quantitative estimate of drug-likeness (QED) is 0.532. The highest BCUT2D eigenvalue weighted by Crippen LogP contribution is 1.89. The van der Waals surface area contributed by atoms with Gasteiger partial charge in [-0.3, -0.25) is 9.59 Å². The third-order valence-corrected chi connectivity index (χ3v) is 1.02. The fourth-order valence-corrected chi connectivity index (χ4v) is 0.386. The second-order valence-electron chi connectivity index (χ2n) is 2.03. The van der Waals surface area contributed by atoms with E-state index < -0.39 is 17.7 Å². The van der Waals surface area contributed by atoms with Crippen LogP contribution in [0.1, 0.15) is 6.92 Å². The van der Waals surface area contributed by atoms with Crippen molar-refractivity contribution < 1.29 is 9.59 Å². The Morgan fingerprint density at radius 1 is 1.73 bits per heavy atom. The molecule has 0 aliphatic heterocycles. The van der Waals surface area contributed by atoms with Gasteiger partial charge in [0.05, 0.1) is 12.6 Å². The molecule has 0 bridgehead atoms. The molecule has 0 spiro atoms. The number of carbonyl (C=O) groups is 2. The Hall–Kier alpha value is -1.57. The second-order valence-corrected chi connectivity index (χ2v) is 2.03. The van der Waals surface area contributed by atoms with Gasteiger partial charge in [0.2, 0.25) is 11.8 Å². The lowest BCUT2D eigenvalue weighted by atomic mass is 10.2. The third kappa shape index (κ3) is 3.92. The largest absolute Gasteiger partial charge is 0.368 e. The zero-order valence-electron chi connectivity index (χ0n) is 6.13. The number of amides is 2. The zero-order valence-corrected chi connectivity index (χ0v) is 6.13. The third-order valence-electron chi connectivity index (χ3n) is 1.02. The summed E-state index contributed by atoms with van der Waals surface area (Å²) in [7, 11) is 0. The molecule has 60 valence electrons. The summed E-state index contributed by atoms with van der Waals surface area (Å²) in [4.78, 5) is 20.9. The number of nitrogens with zero attached hydrogens (tertiary/aromatic N) is 1. The number of nitrogens with two attached hydrogens (primary N) is 1. The summed E-state index contributed by atoms with van der Waals surface area (Å²) in [6, 6.07) is 1.72. The molecule has 0 rings (SSSR count). The van der Waals surface area contributed by atoms with Gasteiger partial charge in [-0.15, -0.1) is 0 Å². The van der Waals surface area contributed by atoms with Gasteiger partial charge in [-0.05, 0) is 6.92 Å². The van der Waals surface area contributed by atoms with Crippen LogP contribution in [0.15, 0.2) is 0 Å². The van der Waals surface area contributed by atoms with Crippen molar-refractivity contribution in [2.75, 3.05) is 6.54 Å². The van der Waals surface area contributed by atoms with Crippen molar-refractivity contribution in [2.45, 2.75) is 6.92 Å². The number of hydrogen-bond acceptors (Lipinski definition) is 3. The summed E-state index contributed by atoms with van der Waals surface area (Å²) >= 11 is 0. The smallest absolute Gasteiger partial charge is 0.237 e. The Kier molecular flexibility index (Phi) is 3.67. The number of carbonyl (C=O) groups excluding carboxylic acids is 2. The van der Waals surface area contributed by atoms with Crippen molar-refractivity contribution in [1.82, 2.24) is 5.32 Å². The van der Waals surface area contributed by atoms with E-state index in [4.69, 9.17) is 11.0 Å². The predicted molar refractivity (Wildman–Crippen MR) is 37.0 cm³/mol. The molecule has 2 amide bonds. The van der Waals surface area contributed by atoms with Gasteiger partial charge in [-0.25, -0.2) is 0 Å². The molecule has 3 N–H and O–H groups in total. The number of primary amides is 1. The van der Waals surface area contributed by atoms with Crippen LogP contribution in [0, 0.1) is 17.2 Å². The van der Waals surface area contributed by atoms with E-state index in [2.05, 4.69) is 5.32 Å². The highest BCUT2D eigenvalue weighted by Gasteiger charge is 2.10. The molecular formula is C6H9N3O2. The molecular weight excluding hydrogens is 146 g/mol. The fourth-order valence-electron chi connectivity index (χ4n) is 0.386. The van der Waals surface area contributed by atoms with E-state index in [9.17, 15) is 9.59 Å². The minimum absolute atomic E-state index is 0.217. The number of nitrogens with one attached hydrogen (secondary N) is 1. The molecule has 11 heavy (non-hydrogen) atoms. The van der Waals surface area contributed by atoms with Gasteiger partial charge in [0, 0.05) is 0 Å². The van der Waals surface area contributed by atoms with Crippen LogP contribution in [-0.2, 0) is 9.59 Å². The molecule has 0 radical (unpaired) electrons. The van der Waals surface area contributed by atoms with Crippen molar-refractivity contribution in [3.63, 3.8) is 0 Å². The summed E-state index contributed by atoms with van der Waals surface area (Å²) in [5, 5.41) is 10.4. The molecule has 0 saturated carbocycles. The van der Waals surface area contributed by atoms with Gasteiger partial charge < -0.3 is 11.1 Å². The maximum Gasteiger partial charge on any atom is 0.237 e. The van der Waals surface area contributed by atoms with Crippen LogP contribution in [-0.4, -0.2) is 18.4 Å². The lowest BCUT2D eigenvalue weighted by molar-refractivity contribution is -0.126. The van der Waals surface area contributed by atoms with Crippen molar-refractivity contribution in [3.05, 3.63) is 0 Å². The highest BCUT2D eigenvalue weighted by atomic mass is 16.2. The fraction of sp³-hybridized carbons (Fsp3) is 0.500. The average molecular weight is 155 g/mol. The summed E-state index contributed by atoms with van der Waals surface area (Å²) in [5.74, 6) is -1.84.